The summed E-state index contributed by atoms with van der Waals surface area (Å²) < 4.78 is 0. The van der Waals surface area contributed by atoms with E-state index in [9.17, 15) is 4.79 Å². The number of amides is 1. The molecule has 0 aliphatic heterocycles. The van der Waals surface area contributed by atoms with E-state index in [0.717, 1.165) is 24.1 Å². The Balaban J connectivity index is 1.81. The third-order valence-electron chi connectivity index (χ3n) is 3.08. The number of aliphatic hydroxyl groups is 1. The lowest BCUT2D eigenvalue weighted by Gasteiger charge is -2.13. The lowest BCUT2D eigenvalue weighted by atomic mass is 10.2. The van der Waals surface area contributed by atoms with E-state index in [1.54, 1.807) is 0 Å². The first kappa shape index (κ1) is 12.1. The summed E-state index contributed by atoms with van der Waals surface area (Å²) in [5, 5.41) is 15.0. The van der Waals surface area contributed by atoms with Crippen LogP contribution in [-0.2, 0) is 4.79 Å². The monoisotopic (exact) mass is 234 g/mol. The van der Waals surface area contributed by atoms with Crippen LogP contribution in [0.1, 0.15) is 18.4 Å². The zero-order chi connectivity index (χ0) is 12.3. The molecule has 3 N–H and O–H groups in total. The quantitative estimate of drug-likeness (QED) is 0.713. The van der Waals surface area contributed by atoms with Gasteiger partial charge in [-0.25, -0.2) is 0 Å². The van der Waals surface area contributed by atoms with Gasteiger partial charge in [0.2, 0.25) is 5.91 Å². The topological polar surface area (TPSA) is 61.4 Å². The van der Waals surface area contributed by atoms with Crippen LogP contribution in [-0.4, -0.2) is 29.7 Å². The first-order valence-corrected chi connectivity index (χ1v) is 5.86. The van der Waals surface area contributed by atoms with Gasteiger partial charge in [-0.1, -0.05) is 12.1 Å². The Morgan fingerprint density at radius 1 is 1.47 bits per heavy atom. The normalized spacial score (nSPS) is 16.6. The molecule has 1 aliphatic carbocycles. The fourth-order valence-corrected chi connectivity index (χ4v) is 1.74. The van der Waals surface area contributed by atoms with Crippen LogP contribution in [0.15, 0.2) is 24.3 Å². The molecule has 0 heterocycles. The van der Waals surface area contributed by atoms with E-state index >= 15 is 0 Å². The van der Waals surface area contributed by atoms with E-state index in [-0.39, 0.29) is 24.6 Å². The number of hydrogen-bond acceptors (Lipinski definition) is 3. The van der Waals surface area contributed by atoms with Gasteiger partial charge in [-0.2, -0.15) is 0 Å². The molecule has 0 atom stereocenters. The van der Waals surface area contributed by atoms with Gasteiger partial charge in [0.15, 0.2) is 0 Å². The first-order chi connectivity index (χ1) is 8.13. The van der Waals surface area contributed by atoms with Gasteiger partial charge in [-0.05, 0) is 37.5 Å². The summed E-state index contributed by atoms with van der Waals surface area (Å²) in [6.45, 7) is 2.33. The minimum Gasteiger partial charge on any atom is -0.394 e. The minimum absolute atomic E-state index is 0.0738. The van der Waals surface area contributed by atoms with Gasteiger partial charge in [-0.3, -0.25) is 4.79 Å². The van der Waals surface area contributed by atoms with Crippen LogP contribution in [0, 0.1) is 6.92 Å². The van der Waals surface area contributed by atoms with E-state index in [2.05, 4.69) is 10.6 Å². The molecule has 0 radical (unpaired) electrons. The summed E-state index contributed by atoms with van der Waals surface area (Å²) in [5.74, 6) is -0.0738. The van der Waals surface area contributed by atoms with Crippen molar-refractivity contribution in [1.82, 2.24) is 5.32 Å². The zero-order valence-corrected chi connectivity index (χ0v) is 9.99. The number of carbonyl (C=O) groups excluding carboxylic acids is 1. The molecule has 0 saturated heterocycles. The van der Waals surface area contributed by atoms with E-state index < -0.39 is 0 Å². The van der Waals surface area contributed by atoms with Crippen molar-refractivity contribution in [3.05, 3.63) is 29.8 Å². The molecule has 1 saturated carbocycles. The van der Waals surface area contributed by atoms with Crippen molar-refractivity contribution in [2.75, 3.05) is 18.5 Å². The highest BCUT2D eigenvalue weighted by molar-refractivity contribution is 5.92. The van der Waals surface area contributed by atoms with Crippen LogP contribution in [0.3, 0.4) is 0 Å². The highest BCUT2D eigenvalue weighted by Crippen LogP contribution is 2.34. The number of hydrogen-bond donors (Lipinski definition) is 3. The lowest BCUT2D eigenvalue weighted by molar-refractivity contribution is -0.115. The van der Waals surface area contributed by atoms with Gasteiger partial charge in [-0.15, -0.1) is 0 Å². The summed E-state index contributed by atoms with van der Waals surface area (Å²) >= 11 is 0. The van der Waals surface area contributed by atoms with Crippen LogP contribution < -0.4 is 10.6 Å². The van der Waals surface area contributed by atoms with Crippen LogP contribution in [0.2, 0.25) is 0 Å². The number of aryl methyl sites for hydroxylation is 1. The molecule has 1 fully saturated rings. The Hall–Kier alpha value is -1.39. The average Bonchev–Trinajstić information content (AvgIpc) is 3.07. The second kappa shape index (κ2) is 4.85. The molecule has 4 heteroatoms. The van der Waals surface area contributed by atoms with Crippen molar-refractivity contribution in [2.45, 2.75) is 25.3 Å². The number of rotatable bonds is 5. The molecule has 1 aromatic rings. The Kier molecular flexibility index (Phi) is 3.45. The number of aliphatic hydroxyl groups excluding tert-OH is 1. The maximum Gasteiger partial charge on any atom is 0.238 e. The summed E-state index contributed by atoms with van der Waals surface area (Å²) in [4.78, 5) is 11.7. The molecule has 0 unspecified atom stereocenters. The molecule has 1 amide bonds. The average molecular weight is 234 g/mol. The molecular weight excluding hydrogens is 216 g/mol. The molecule has 4 nitrogen and oxygen atoms in total. The van der Waals surface area contributed by atoms with Crippen molar-refractivity contribution in [2.24, 2.45) is 0 Å². The van der Waals surface area contributed by atoms with Gasteiger partial charge in [0.05, 0.1) is 13.2 Å². The van der Waals surface area contributed by atoms with E-state index in [0.29, 0.717) is 0 Å². The smallest absolute Gasteiger partial charge is 0.238 e. The number of benzene rings is 1. The fourth-order valence-electron chi connectivity index (χ4n) is 1.74. The predicted octanol–water partition coefficient (Wildman–Crippen LogP) is 1.05. The number of carbonyl (C=O) groups is 1. The molecule has 1 aromatic carbocycles. The molecular formula is C13H18N2O2. The summed E-state index contributed by atoms with van der Waals surface area (Å²) in [6, 6.07) is 7.69. The van der Waals surface area contributed by atoms with Crippen LogP contribution in [0.25, 0.3) is 0 Å². The van der Waals surface area contributed by atoms with Crippen molar-refractivity contribution >= 4 is 11.6 Å². The van der Waals surface area contributed by atoms with Gasteiger partial charge in [0.1, 0.15) is 0 Å². The zero-order valence-electron chi connectivity index (χ0n) is 9.99. The molecule has 0 bridgehead atoms. The Morgan fingerprint density at radius 2 is 2.24 bits per heavy atom. The fraction of sp³-hybridized carbons (Fsp3) is 0.462. The Morgan fingerprint density at radius 3 is 2.82 bits per heavy atom. The summed E-state index contributed by atoms with van der Waals surface area (Å²) in [7, 11) is 0. The third-order valence-corrected chi connectivity index (χ3v) is 3.08. The lowest BCUT2D eigenvalue weighted by Crippen LogP contribution is -2.40. The van der Waals surface area contributed by atoms with Crippen LogP contribution in [0.4, 0.5) is 5.69 Å². The van der Waals surface area contributed by atoms with E-state index in [4.69, 9.17) is 5.11 Å². The van der Waals surface area contributed by atoms with Crippen molar-refractivity contribution < 1.29 is 9.90 Å². The highest BCUT2D eigenvalue weighted by atomic mass is 16.3. The molecule has 1 aliphatic rings. The Labute approximate surface area is 101 Å². The second-order valence-electron chi connectivity index (χ2n) is 4.71. The van der Waals surface area contributed by atoms with Crippen molar-refractivity contribution in [1.29, 1.82) is 0 Å². The van der Waals surface area contributed by atoms with E-state index in [1.165, 1.54) is 0 Å². The van der Waals surface area contributed by atoms with Crippen molar-refractivity contribution in [3.8, 4) is 0 Å². The number of nitrogens with one attached hydrogen (secondary N) is 2. The standard InChI is InChI=1S/C13H18N2O2/c1-10-3-2-4-11(7-10)15-12(17)8-14-13(9-16)5-6-13/h2-4,7,14,16H,5-6,8-9H2,1H3,(H,15,17). The molecule has 0 aromatic heterocycles. The second-order valence-corrected chi connectivity index (χ2v) is 4.71. The predicted molar refractivity (Wildman–Crippen MR) is 66.9 cm³/mol. The van der Waals surface area contributed by atoms with Gasteiger partial charge in [0, 0.05) is 11.2 Å². The summed E-state index contributed by atoms with van der Waals surface area (Å²) in [5.41, 5.74) is 1.74. The first-order valence-electron chi connectivity index (χ1n) is 5.86. The van der Waals surface area contributed by atoms with Crippen LogP contribution in [0.5, 0.6) is 0 Å². The molecule has 17 heavy (non-hydrogen) atoms. The van der Waals surface area contributed by atoms with Gasteiger partial charge < -0.3 is 15.7 Å². The summed E-state index contributed by atoms with van der Waals surface area (Å²) in [6.07, 6.45) is 1.89. The van der Waals surface area contributed by atoms with Crippen molar-refractivity contribution in [3.63, 3.8) is 0 Å². The molecule has 0 spiro atoms. The number of anilines is 1. The largest absolute Gasteiger partial charge is 0.394 e. The molecule has 92 valence electrons. The van der Waals surface area contributed by atoms with Gasteiger partial charge >= 0.3 is 0 Å². The molecule has 2 rings (SSSR count). The van der Waals surface area contributed by atoms with Gasteiger partial charge in [0.25, 0.3) is 0 Å². The maximum atomic E-state index is 11.7. The van der Waals surface area contributed by atoms with Crippen LogP contribution >= 0.6 is 0 Å². The Bertz CT molecular complexity index is 414. The minimum atomic E-state index is -0.191. The maximum absolute atomic E-state index is 11.7. The SMILES string of the molecule is Cc1cccc(NC(=O)CNC2(CO)CC2)c1. The van der Waals surface area contributed by atoms with E-state index in [1.807, 2.05) is 31.2 Å². The highest BCUT2D eigenvalue weighted by Gasteiger charge is 2.41. The third kappa shape index (κ3) is 3.28.